The summed E-state index contributed by atoms with van der Waals surface area (Å²) in [7, 11) is 0. The van der Waals surface area contributed by atoms with Gasteiger partial charge in [-0.1, -0.05) is 37.3 Å². The van der Waals surface area contributed by atoms with Crippen molar-refractivity contribution in [2.75, 3.05) is 0 Å². The third kappa shape index (κ3) is 3.69. The van der Waals surface area contributed by atoms with Gasteiger partial charge in [-0.25, -0.2) is 4.79 Å². The number of hydrogen-bond acceptors (Lipinski definition) is 5. The van der Waals surface area contributed by atoms with Crippen LogP contribution in [0.2, 0.25) is 0 Å². The first-order valence-electron chi connectivity index (χ1n) is 7.19. The number of aromatic nitrogens is 2. The van der Waals surface area contributed by atoms with Crippen molar-refractivity contribution >= 4 is 11.7 Å². The number of aromatic hydroxyl groups is 1. The molecule has 2 aromatic rings. The molecule has 126 valence electrons. The molecule has 9 heteroatoms. The van der Waals surface area contributed by atoms with Crippen LogP contribution >= 0.6 is 0 Å². The van der Waals surface area contributed by atoms with Crippen LogP contribution in [0.1, 0.15) is 24.5 Å². The maximum absolute atomic E-state index is 12.1. The van der Waals surface area contributed by atoms with Crippen molar-refractivity contribution in [3.8, 4) is 5.88 Å². The Bertz CT molecular complexity index is 892. The van der Waals surface area contributed by atoms with Crippen molar-refractivity contribution in [2.45, 2.75) is 19.9 Å². The van der Waals surface area contributed by atoms with Crippen LogP contribution in [0.15, 0.2) is 50.1 Å². The minimum absolute atomic E-state index is 0.0918. The fraction of sp³-hybridized carbons (Fsp3) is 0.200. The monoisotopic (exact) mass is 330 g/mol. The Morgan fingerprint density at radius 3 is 2.46 bits per heavy atom. The molecule has 0 aliphatic heterocycles. The molecule has 0 bridgehead atoms. The second-order valence-electron chi connectivity index (χ2n) is 4.95. The lowest BCUT2D eigenvalue weighted by molar-refractivity contribution is 0.408. The minimum Gasteiger partial charge on any atom is -0.494 e. The normalized spacial score (nSPS) is 11.3. The van der Waals surface area contributed by atoms with Gasteiger partial charge < -0.3 is 16.6 Å². The molecule has 1 heterocycles. The van der Waals surface area contributed by atoms with E-state index in [0.29, 0.717) is 0 Å². The van der Waals surface area contributed by atoms with E-state index in [1.807, 2.05) is 18.2 Å². The highest BCUT2D eigenvalue weighted by Gasteiger charge is 2.18. The third-order valence-corrected chi connectivity index (χ3v) is 3.27. The minimum atomic E-state index is -0.756. The average molecular weight is 330 g/mol. The number of rotatable bonds is 5. The molecule has 0 saturated heterocycles. The van der Waals surface area contributed by atoms with Crippen LogP contribution in [0, 0.1) is 0 Å². The molecule has 0 saturated carbocycles. The maximum Gasteiger partial charge on any atom is 0.331 e. The summed E-state index contributed by atoms with van der Waals surface area (Å²) in [4.78, 5) is 26.3. The van der Waals surface area contributed by atoms with Gasteiger partial charge in [-0.3, -0.25) is 14.3 Å². The lowest BCUT2D eigenvalue weighted by Gasteiger charge is -2.11. The summed E-state index contributed by atoms with van der Waals surface area (Å²) in [5.41, 5.74) is 9.77. The molecule has 0 atom stereocenters. The first-order valence-corrected chi connectivity index (χ1v) is 7.19. The van der Waals surface area contributed by atoms with E-state index < -0.39 is 17.1 Å². The number of nitrogens with zero attached hydrogens (tertiary/aromatic N) is 3. The molecular weight excluding hydrogens is 312 g/mol. The fourth-order valence-corrected chi connectivity index (χ4v) is 2.15. The van der Waals surface area contributed by atoms with E-state index in [9.17, 15) is 14.7 Å². The van der Waals surface area contributed by atoms with Gasteiger partial charge in [-0.15, -0.1) is 5.10 Å². The standard InChI is InChI=1S/C15H18N6O3/c1-2-10(19-20-14(16)17)11-12(22)18-15(24)21(13(11)23)8-9-6-4-3-5-7-9/h3-7,23H,2,8H2,1H3,(H4,16,17,20)(H,18,22,24)/b19-10+. The van der Waals surface area contributed by atoms with Gasteiger partial charge in [-0.2, -0.15) is 5.10 Å². The predicted octanol–water partition coefficient (Wildman–Crippen LogP) is -0.322. The first-order chi connectivity index (χ1) is 11.4. The van der Waals surface area contributed by atoms with E-state index in [1.165, 1.54) is 0 Å². The number of benzene rings is 1. The molecule has 9 nitrogen and oxygen atoms in total. The number of H-pyrrole nitrogens is 1. The number of nitrogens with one attached hydrogen (secondary N) is 1. The number of hydrogen-bond donors (Lipinski definition) is 4. The van der Waals surface area contributed by atoms with Crippen molar-refractivity contribution < 1.29 is 5.11 Å². The van der Waals surface area contributed by atoms with Crippen LogP contribution in [0.5, 0.6) is 5.88 Å². The van der Waals surface area contributed by atoms with Gasteiger partial charge in [0.25, 0.3) is 5.56 Å². The SMILES string of the molecule is CC/C(=N\N=C(N)N)c1c(O)n(Cc2ccccc2)c(=O)[nH]c1=O. The molecule has 24 heavy (non-hydrogen) atoms. The highest BCUT2D eigenvalue weighted by Crippen LogP contribution is 2.15. The second kappa shape index (κ2) is 7.27. The van der Waals surface area contributed by atoms with Crippen molar-refractivity contribution in [3.05, 3.63) is 62.3 Å². The van der Waals surface area contributed by atoms with Crippen molar-refractivity contribution in [2.24, 2.45) is 21.7 Å². The fourth-order valence-electron chi connectivity index (χ4n) is 2.15. The van der Waals surface area contributed by atoms with E-state index in [4.69, 9.17) is 11.5 Å². The average Bonchev–Trinajstić information content (AvgIpc) is 2.55. The summed E-state index contributed by atoms with van der Waals surface area (Å²) in [6.07, 6.45) is 0.275. The molecule has 1 aromatic heterocycles. The number of aromatic amines is 1. The predicted molar refractivity (Wildman–Crippen MR) is 91.2 cm³/mol. The summed E-state index contributed by atoms with van der Waals surface area (Å²) < 4.78 is 1.05. The van der Waals surface area contributed by atoms with Gasteiger partial charge in [0, 0.05) is 0 Å². The molecular formula is C15H18N6O3. The molecule has 0 aliphatic rings. The zero-order valence-corrected chi connectivity index (χ0v) is 13.1. The molecule has 1 aromatic carbocycles. The highest BCUT2D eigenvalue weighted by molar-refractivity contribution is 6.02. The quantitative estimate of drug-likeness (QED) is 0.336. The molecule has 0 fully saturated rings. The van der Waals surface area contributed by atoms with E-state index in [2.05, 4.69) is 15.2 Å². The Morgan fingerprint density at radius 1 is 1.21 bits per heavy atom. The van der Waals surface area contributed by atoms with Crippen LogP contribution in [-0.4, -0.2) is 26.3 Å². The molecule has 0 aliphatic carbocycles. The Hall–Kier alpha value is -3.36. The summed E-state index contributed by atoms with van der Waals surface area (Å²) in [6, 6.07) is 9.04. The van der Waals surface area contributed by atoms with Gasteiger partial charge in [0.2, 0.25) is 11.8 Å². The lowest BCUT2D eigenvalue weighted by atomic mass is 10.1. The number of nitrogens with two attached hydrogens (primary N) is 2. The van der Waals surface area contributed by atoms with E-state index in [0.717, 1.165) is 10.1 Å². The van der Waals surface area contributed by atoms with Crippen molar-refractivity contribution in [1.82, 2.24) is 9.55 Å². The Kier molecular flexibility index (Phi) is 5.15. The topological polar surface area (TPSA) is 152 Å². The first kappa shape index (κ1) is 17.0. The molecule has 6 N–H and O–H groups in total. The maximum atomic E-state index is 12.1. The lowest BCUT2D eigenvalue weighted by Crippen LogP contribution is -2.34. The van der Waals surface area contributed by atoms with Crippen molar-refractivity contribution in [3.63, 3.8) is 0 Å². The summed E-state index contributed by atoms with van der Waals surface area (Å²) in [5.74, 6) is -0.770. The van der Waals surface area contributed by atoms with Crippen LogP contribution in [0.3, 0.4) is 0 Å². The zero-order chi connectivity index (χ0) is 17.7. The molecule has 0 unspecified atom stereocenters. The van der Waals surface area contributed by atoms with Crippen LogP contribution in [-0.2, 0) is 6.54 Å². The van der Waals surface area contributed by atoms with Gasteiger partial charge in [0.15, 0.2) is 0 Å². The van der Waals surface area contributed by atoms with Crippen LogP contribution in [0.4, 0.5) is 0 Å². The molecule has 2 rings (SSSR count). The van der Waals surface area contributed by atoms with Gasteiger partial charge in [-0.05, 0) is 12.0 Å². The van der Waals surface area contributed by atoms with Gasteiger partial charge in [0.1, 0.15) is 5.56 Å². The Balaban J connectivity index is 2.60. The summed E-state index contributed by atoms with van der Waals surface area (Å²) in [6.45, 7) is 1.81. The summed E-state index contributed by atoms with van der Waals surface area (Å²) >= 11 is 0. The van der Waals surface area contributed by atoms with Crippen LogP contribution in [0.25, 0.3) is 0 Å². The molecule has 0 amide bonds. The Morgan fingerprint density at radius 2 is 1.88 bits per heavy atom. The second-order valence-corrected chi connectivity index (χ2v) is 4.95. The molecule has 0 spiro atoms. The van der Waals surface area contributed by atoms with E-state index >= 15 is 0 Å². The molecule has 0 radical (unpaired) electrons. The van der Waals surface area contributed by atoms with E-state index in [1.54, 1.807) is 19.1 Å². The summed E-state index contributed by atoms with van der Waals surface area (Å²) in [5, 5.41) is 17.7. The largest absolute Gasteiger partial charge is 0.494 e. The Labute approximate surface area is 137 Å². The third-order valence-electron chi connectivity index (χ3n) is 3.27. The van der Waals surface area contributed by atoms with Gasteiger partial charge >= 0.3 is 5.69 Å². The van der Waals surface area contributed by atoms with Crippen LogP contribution < -0.4 is 22.7 Å². The van der Waals surface area contributed by atoms with Crippen molar-refractivity contribution in [1.29, 1.82) is 0 Å². The van der Waals surface area contributed by atoms with Gasteiger partial charge in [0.05, 0.1) is 12.3 Å². The number of guanidine groups is 1. The highest BCUT2D eigenvalue weighted by atomic mass is 16.3. The smallest absolute Gasteiger partial charge is 0.331 e. The zero-order valence-electron chi connectivity index (χ0n) is 13.1. The van der Waals surface area contributed by atoms with E-state index in [-0.39, 0.29) is 30.2 Å².